The number of carbonyl (C=O) groups excluding carboxylic acids is 1. The first-order valence-corrected chi connectivity index (χ1v) is 13.0. The number of hydrogen-bond donors (Lipinski definition) is 5. The minimum absolute atomic E-state index is 0.0668. The van der Waals surface area contributed by atoms with E-state index in [-0.39, 0.29) is 65.1 Å². The summed E-state index contributed by atoms with van der Waals surface area (Å²) in [6, 6.07) is 0. The van der Waals surface area contributed by atoms with Gasteiger partial charge in [-0.2, -0.15) is 0 Å². The van der Waals surface area contributed by atoms with E-state index in [1.54, 1.807) is 0 Å². The summed E-state index contributed by atoms with van der Waals surface area (Å²) in [6.45, 7) is 6.35. The fraction of sp³-hybridized carbons (Fsp3) is 0.923. The van der Waals surface area contributed by atoms with Crippen LogP contribution in [0.2, 0.25) is 0 Å². The number of rotatable bonds is 6. The molecule has 0 spiro atoms. The highest BCUT2D eigenvalue weighted by atomic mass is 16.4. The Hall–Kier alpha value is -1.18. The van der Waals surface area contributed by atoms with Crippen molar-refractivity contribution in [1.29, 1.82) is 0 Å². The second kappa shape index (κ2) is 9.12. The number of nitrogens with one attached hydrogen (secondary N) is 1. The van der Waals surface area contributed by atoms with Gasteiger partial charge in [0, 0.05) is 6.42 Å². The van der Waals surface area contributed by atoms with Crippen LogP contribution in [0.15, 0.2) is 0 Å². The van der Waals surface area contributed by atoms with E-state index in [2.05, 4.69) is 26.1 Å². The van der Waals surface area contributed by atoms with Gasteiger partial charge < -0.3 is 25.7 Å². The number of fused-ring (bicyclic) bond motifs is 5. The monoisotopic (exact) mass is 465 g/mol. The summed E-state index contributed by atoms with van der Waals surface area (Å²) in [5, 5.41) is 44.4. The number of hydrogen-bond acceptors (Lipinski definition) is 5. The first kappa shape index (κ1) is 24.9. The van der Waals surface area contributed by atoms with Gasteiger partial charge in [-0.05, 0) is 97.7 Å². The molecule has 6 unspecified atom stereocenters. The van der Waals surface area contributed by atoms with Gasteiger partial charge in [-0.15, -0.1) is 0 Å². The summed E-state index contributed by atoms with van der Waals surface area (Å²) in [5.74, 6) is 0.265. The number of carboxylic acid groups (broad SMARTS) is 1. The first-order valence-electron chi connectivity index (χ1n) is 13.0. The van der Waals surface area contributed by atoms with Crippen LogP contribution in [0.1, 0.15) is 78.6 Å². The Morgan fingerprint density at radius 1 is 1.03 bits per heavy atom. The maximum absolute atomic E-state index is 12.0. The van der Waals surface area contributed by atoms with Crippen LogP contribution in [-0.4, -0.2) is 57.2 Å². The Labute approximate surface area is 197 Å². The van der Waals surface area contributed by atoms with Crippen LogP contribution < -0.4 is 5.32 Å². The zero-order chi connectivity index (χ0) is 24.1. The van der Waals surface area contributed by atoms with Crippen molar-refractivity contribution in [3.05, 3.63) is 0 Å². The molecule has 0 aliphatic heterocycles. The lowest BCUT2D eigenvalue weighted by atomic mass is 9.43. The van der Waals surface area contributed by atoms with Crippen molar-refractivity contribution in [3.8, 4) is 0 Å². The lowest BCUT2D eigenvalue weighted by Gasteiger charge is -2.63. The molecular formula is C26H43NO6. The molecule has 4 aliphatic rings. The quantitative estimate of drug-likeness (QED) is 0.410. The molecule has 0 aromatic heterocycles. The maximum atomic E-state index is 12.0. The van der Waals surface area contributed by atoms with Crippen LogP contribution in [0.25, 0.3) is 0 Å². The van der Waals surface area contributed by atoms with Gasteiger partial charge in [-0.1, -0.05) is 20.8 Å². The Morgan fingerprint density at radius 2 is 1.76 bits per heavy atom. The molecule has 0 radical (unpaired) electrons. The number of carbonyl (C=O) groups is 2. The highest BCUT2D eigenvalue weighted by molar-refractivity contribution is 5.81. The molecule has 0 saturated heterocycles. The Morgan fingerprint density at radius 3 is 2.45 bits per heavy atom. The number of aliphatic hydroxyl groups is 3. The summed E-state index contributed by atoms with van der Waals surface area (Å²) in [7, 11) is 0. The van der Waals surface area contributed by atoms with Gasteiger partial charge in [0.15, 0.2) is 0 Å². The second-order valence-electron chi connectivity index (χ2n) is 12.2. The average Bonchev–Trinajstić information content (AvgIpc) is 3.11. The smallest absolute Gasteiger partial charge is 0.322 e. The van der Waals surface area contributed by atoms with Crippen molar-refractivity contribution in [2.24, 2.45) is 46.3 Å². The lowest BCUT2D eigenvalue weighted by molar-refractivity contribution is -0.207. The molecule has 5 N–H and O–H groups in total. The zero-order valence-electron chi connectivity index (χ0n) is 20.4. The predicted molar refractivity (Wildman–Crippen MR) is 123 cm³/mol. The van der Waals surface area contributed by atoms with Gasteiger partial charge >= 0.3 is 5.97 Å². The fourth-order valence-corrected chi connectivity index (χ4v) is 8.95. The van der Waals surface area contributed by atoms with Crippen molar-refractivity contribution in [2.45, 2.75) is 96.9 Å². The second-order valence-corrected chi connectivity index (χ2v) is 12.2. The molecule has 7 nitrogen and oxygen atoms in total. The molecule has 4 saturated carbocycles. The van der Waals surface area contributed by atoms with E-state index < -0.39 is 12.1 Å². The van der Waals surface area contributed by atoms with Crippen LogP contribution in [0.5, 0.6) is 0 Å². The maximum Gasteiger partial charge on any atom is 0.322 e. The van der Waals surface area contributed by atoms with E-state index in [4.69, 9.17) is 5.11 Å². The number of aliphatic hydroxyl groups excluding tert-OH is 3. The van der Waals surface area contributed by atoms with Crippen molar-refractivity contribution < 1.29 is 30.0 Å². The molecule has 11 atom stereocenters. The summed E-state index contributed by atoms with van der Waals surface area (Å²) in [6.07, 6.45) is 5.86. The van der Waals surface area contributed by atoms with E-state index in [0.29, 0.717) is 25.2 Å². The van der Waals surface area contributed by atoms with E-state index in [1.165, 1.54) is 0 Å². The molecule has 4 aliphatic carbocycles. The Bertz CT molecular complexity index is 759. The average molecular weight is 466 g/mol. The number of amides is 1. The number of aliphatic carboxylic acids is 1. The predicted octanol–water partition coefficient (Wildman–Crippen LogP) is 2.56. The third-order valence-corrected chi connectivity index (χ3v) is 10.8. The molecule has 1 amide bonds. The molecule has 7 heteroatoms. The zero-order valence-corrected chi connectivity index (χ0v) is 20.4. The third-order valence-electron chi connectivity index (χ3n) is 10.8. The van der Waals surface area contributed by atoms with Gasteiger partial charge in [0.05, 0.1) is 18.3 Å². The normalized spacial score (nSPS) is 47.7. The summed E-state index contributed by atoms with van der Waals surface area (Å²) in [4.78, 5) is 22.7. The van der Waals surface area contributed by atoms with Gasteiger partial charge in [0.2, 0.25) is 5.91 Å². The highest BCUT2D eigenvalue weighted by Crippen LogP contribution is 2.68. The molecule has 33 heavy (non-hydrogen) atoms. The summed E-state index contributed by atoms with van der Waals surface area (Å²) >= 11 is 0. The van der Waals surface area contributed by atoms with Crippen LogP contribution in [0.3, 0.4) is 0 Å². The molecule has 4 fully saturated rings. The van der Waals surface area contributed by atoms with Gasteiger partial charge in [-0.3, -0.25) is 9.59 Å². The van der Waals surface area contributed by atoms with Crippen LogP contribution in [0.4, 0.5) is 0 Å². The van der Waals surface area contributed by atoms with Crippen molar-refractivity contribution in [3.63, 3.8) is 0 Å². The number of carboxylic acids is 1. The van der Waals surface area contributed by atoms with E-state index in [0.717, 1.165) is 38.5 Å². The lowest BCUT2D eigenvalue weighted by Crippen LogP contribution is -2.62. The Balaban J connectivity index is 1.49. The van der Waals surface area contributed by atoms with Gasteiger partial charge in [0.1, 0.15) is 6.54 Å². The molecular weight excluding hydrogens is 422 g/mol. The van der Waals surface area contributed by atoms with Crippen molar-refractivity contribution >= 4 is 11.9 Å². The minimum Gasteiger partial charge on any atom is -0.480 e. The molecule has 4 rings (SSSR count). The van der Waals surface area contributed by atoms with Gasteiger partial charge in [0.25, 0.3) is 0 Å². The summed E-state index contributed by atoms with van der Waals surface area (Å²) in [5.41, 5.74) is -0.214. The summed E-state index contributed by atoms with van der Waals surface area (Å²) < 4.78 is 0. The molecule has 0 bridgehead atoms. The standard InChI is InChI=1S/C26H43NO6/c1-14(4-7-22(31)27-13-23(32)33)17-5-6-18-24-19(12-21(30)26(17,18)3)25(2)9-8-16(28)10-15(25)11-20(24)29/h14-21,24,28-30H,4-13H2,1-3H3,(H,27,31)(H,32,33)/t14?,15-,16?,17+,18?,19?,20?,21?,24-,25-,26+/m0/s1. The van der Waals surface area contributed by atoms with E-state index in [1.807, 2.05) is 0 Å². The molecule has 0 heterocycles. The fourth-order valence-electron chi connectivity index (χ4n) is 8.95. The topological polar surface area (TPSA) is 127 Å². The molecule has 0 aromatic carbocycles. The van der Waals surface area contributed by atoms with Crippen LogP contribution in [0, 0.1) is 46.3 Å². The van der Waals surface area contributed by atoms with Crippen molar-refractivity contribution in [2.75, 3.05) is 6.54 Å². The van der Waals surface area contributed by atoms with Crippen molar-refractivity contribution in [1.82, 2.24) is 5.32 Å². The molecule has 0 aromatic rings. The van der Waals surface area contributed by atoms with Crippen LogP contribution >= 0.6 is 0 Å². The first-order chi connectivity index (χ1) is 15.5. The van der Waals surface area contributed by atoms with Gasteiger partial charge in [-0.25, -0.2) is 0 Å². The SMILES string of the molecule is CC(CCC(=O)NCC(=O)O)[C@H]1CCC2[C@@H]3C(O)C[C@@H]4CC(O)CC[C@]4(C)C3CC(O)[C@@]21C. The highest BCUT2D eigenvalue weighted by Gasteiger charge is 2.65. The largest absolute Gasteiger partial charge is 0.480 e. The Kier molecular flexibility index (Phi) is 6.89. The van der Waals surface area contributed by atoms with E-state index >= 15 is 0 Å². The molecule has 188 valence electrons. The van der Waals surface area contributed by atoms with Crippen LogP contribution in [-0.2, 0) is 9.59 Å². The van der Waals surface area contributed by atoms with E-state index in [9.17, 15) is 24.9 Å². The minimum atomic E-state index is -1.04. The third kappa shape index (κ3) is 4.23.